The first-order valence-corrected chi connectivity index (χ1v) is 7.60. The highest BCUT2D eigenvalue weighted by Gasteiger charge is 2.14. The van der Waals surface area contributed by atoms with E-state index in [1.165, 1.54) is 18.7 Å². The van der Waals surface area contributed by atoms with E-state index < -0.39 is 0 Å². The van der Waals surface area contributed by atoms with Gasteiger partial charge in [-0.25, -0.2) is 0 Å². The van der Waals surface area contributed by atoms with Gasteiger partial charge in [-0.05, 0) is 46.1 Å². The predicted molar refractivity (Wildman–Crippen MR) is 90.5 cm³/mol. The molecule has 126 valence electrons. The minimum atomic E-state index is -0.272. The van der Waals surface area contributed by atoms with E-state index in [0.717, 1.165) is 13.0 Å². The number of Topliss-reactive ketones (excluding diaryl/α,β-unsaturated/α-hetero) is 1. The first kappa shape index (κ1) is 18.8. The van der Waals surface area contributed by atoms with Crippen LogP contribution in [0.2, 0.25) is 0 Å². The van der Waals surface area contributed by atoms with Crippen molar-refractivity contribution in [1.82, 2.24) is 9.80 Å². The SMILES string of the molecule is CC(=O)c1cccc(NC(=O)CN(CCCN(C)C)C(C)=O)c1. The molecule has 0 aliphatic carbocycles. The van der Waals surface area contributed by atoms with Crippen molar-refractivity contribution in [2.24, 2.45) is 0 Å². The maximum atomic E-state index is 12.1. The van der Waals surface area contributed by atoms with Gasteiger partial charge in [0.05, 0.1) is 6.54 Å². The van der Waals surface area contributed by atoms with Gasteiger partial charge in [-0.2, -0.15) is 0 Å². The second kappa shape index (κ2) is 9.05. The van der Waals surface area contributed by atoms with Crippen LogP contribution >= 0.6 is 0 Å². The van der Waals surface area contributed by atoms with Gasteiger partial charge in [0.15, 0.2) is 5.78 Å². The molecule has 0 fully saturated rings. The van der Waals surface area contributed by atoms with E-state index in [1.807, 2.05) is 19.0 Å². The summed E-state index contributed by atoms with van der Waals surface area (Å²) in [5, 5.41) is 2.73. The van der Waals surface area contributed by atoms with Crippen LogP contribution in [0.4, 0.5) is 5.69 Å². The first-order chi connectivity index (χ1) is 10.8. The second-order valence-electron chi connectivity index (χ2n) is 5.78. The molecular weight excluding hydrogens is 294 g/mol. The van der Waals surface area contributed by atoms with E-state index in [0.29, 0.717) is 17.8 Å². The van der Waals surface area contributed by atoms with Gasteiger partial charge in [-0.15, -0.1) is 0 Å². The lowest BCUT2D eigenvalue weighted by atomic mass is 10.1. The number of hydrogen-bond donors (Lipinski definition) is 1. The molecule has 0 unspecified atom stereocenters. The van der Waals surface area contributed by atoms with E-state index in [-0.39, 0.29) is 24.1 Å². The monoisotopic (exact) mass is 319 g/mol. The first-order valence-electron chi connectivity index (χ1n) is 7.60. The summed E-state index contributed by atoms with van der Waals surface area (Å²) < 4.78 is 0. The van der Waals surface area contributed by atoms with Crippen LogP contribution in [0.15, 0.2) is 24.3 Å². The number of benzene rings is 1. The summed E-state index contributed by atoms with van der Waals surface area (Å²) in [5.74, 6) is -0.461. The molecule has 0 aromatic heterocycles. The fraction of sp³-hybridized carbons (Fsp3) is 0.471. The lowest BCUT2D eigenvalue weighted by molar-refractivity contribution is -0.132. The van der Waals surface area contributed by atoms with Crippen LogP contribution in [0.1, 0.15) is 30.6 Å². The van der Waals surface area contributed by atoms with E-state index in [4.69, 9.17) is 0 Å². The van der Waals surface area contributed by atoms with Gasteiger partial charge in [-0.3, -0.25) is 14.4 Å². The maximum Gasteiger partial charge on any atom is 0.243 e. The van der Waals surface area contributed by atoms with Crippen LogP contribution in [0.25, 0.3) is 0 Å². The minimum Gasteiger partial charge on any atom is -0.334 e. The third-order valence-corrected chi connectivity index (χ3v) is 3.37. The molecule has 0 saturated heterocycles. The van der Waals surface area contributed by atoms with E-state index in [2.05, 4.69) is 5.32 Å². The van der Waals surface area contributed by atoms with Gasteiger partial charge in [-0.1, -0.05) is 12.1 Å². The van der Waals surface area contributed by atoms with Crippen molar-refractivity contribution in [2.75, 3.05) is 39.0 Å². The topological polar surface area (TPSA) is 69.7 Å². The summed E-state index contributed by atoms with van der Waals surface area (Å²) in [7, 11) is 3.93. The predicted octanol–water partition coefficient (Wildman–Crippen LogP) is 1.63. The number of carbonyl (C=O) groups is 3. The Balaban J connectivity index is 2.60. The molecule has 0 atom stereocenters. The highest BCUT2D eigenvalue weighted by molar-refractivity contribution is 5.98. The third kappa shape index (κ3) is 7.06. The lowest BCUT2D eigenvalue weighted by Crippen LogP contribution is -2.38. The number of ketones is 1. The van der Waals surface area contributed by atoms with Crippen molar-refractivity contribution in [3.8, 4) is 0 Å². The van der Waals surface area contributed by atoms with Gasteiger partial charge in [0.2, 0.25) is 11.8 Å². The van der Waals surface area contributed by atoms with Gasteiger partial charge < -0.3 is 15.1 Å². The Morgan fingerprint density at radius 3 is 2.35 bits per heavy atom. The highest BCUT2D eigenvalue weighted by Crippen LogP contribution is 2.11. The second-order valence-corrected chi connectivity index (χ2v) is 5.78. The average Bonchev–Trinajstić information content (AvgIpc) is 2.45. The Hall–Kier alpha value is -2.21. The summed E-state index contributed by atoms with van der Waals surface area (Å²) in [6, 6.07) is 6.76. The fourth-order valence-electron chi connectivity index (χ4n) is 2.12. The van der Waals surface area contributed by atoms with Gasteiger partial charge in [0.25, 0.3) is 0 Å². The molecule has 0 aliphatic heterocycles. The molecule has 0 spiro atoms. The molecule has 1 N–H and O–H groups in total. The Morgan fingerprint density at radius 1 is 1.09 bits per heavy atom. The molecule has 6 heteroatoms. The van der Waals surface area contributed by atoms with Crippen molar-refractivity contribution in [3.63, 3.8) is 0 Å². The molecule has 6 nitrogen and oxygen atoms in total. The van der Waals surface area contributed by atoms with Crippen LogP contribution in [0.5, 0.6) is 0 Å². The lowest BCUT2D eigenvalue weighted by Gasteiger charge is -2.21. The molecule has 1 aromatic rings. The largest absolute Gasteiger partial charge is 0.334 e. The van der Waals surface area contributed by atoms with Crippen molar-refractivity contribution >= 4 is 23.3 Å². The summed E-state index contributed by atoms with van der Waals surface area (Å²) in [6.07, 6.45) is 0.805. The third-order valence-electron chi connectivity index (χ3n) is 3.37. The zero-order valence-corrected chi connectivity index (χ0v) is 14.3. The zero-order valence-electron chi connectivity index (χ0n) is 14.3. The normalized spacial score (nSPS) is 10.5. The molecule has 2 amide bonds. The van der Waals surface area contributed by atoms with Crippen LogP contribution in [-0.4, -0.2) is 61.1 Å². The molecule has 0 aliphatic rings. The van der Waals surface area contributed by atoms with Crippen LogP contribution in [-0.2, 0) is 9.59 Å². The van der Waals surface area contributed by atoms with Crippen molar-refractivity contribution < 1.29 is 14.4 Å². The standard InChI is InChI=1S/C17H25N3O3/c1-13(21)15-7-5-8-16(11-15)18-17(23)12-20(14(2)22)10-6-9-19(3)4/h5,7-8,11H,6,9-10,12H2,1-4H3,(H,18,23). The minimum absolute atomic E-state index is 0.00700. The molecular formula is C17H25N3O3. The summed E-state index contributed by atoms with van der Waals surface area (Å²) in [4.78, 5) is 38.7. The molecule has 1 aromatic carbocycles. The molecule has 0 heterocycles. The molecule has 1 rings (SSSR count). The smallest absolute Gasteiger partial charge is 0.243 e. The van der Waals surface area contributed by atoms with E-state index >= 15 is 0 Å². The summed E-state index contributed by atoms with van der Waals surface area (Å²) >= 11 is 0. The quantitative estimate of drug-likeness (QED) is 0.739. The van der Waals surface area contributed by atoms with Crippen molar-refractivity contribution in [3.05, 3.63) is 29.8 Å². The molecule has 0 saturated carbocycles. The number of nitrogens with zero attached hydrogens (tertiary/aromatic N) is 2. The number of hydrogen-bond acceptors (Lipinski definition) is 4. The van der Waals surface area contributed by atoms with Crippen LogP contribution in [0.3, 0.4) is 0 Å². The Bertz CT molecular complexity index is 570. The molecule has 0 radical (unpaired) electrons. The van der Waals surface area contributed by atoms with Gasteiger partial charge >= 0.3 is 0 Å². The zero-order chi connectivity index (χ0) is 17.4. The number of carbonyl (C=O) groups excluding carboxylic acids is 3. The molecule has 0 bridgehead atoms. The Kier molecular flexibility index (Phi) is 7.41. The average molecular weight is 319 g/mol. The van der Waals surface area contributed by atoms with Crippen LogP contribution in [0, 0.1) is 0 Å². The van der Waals surface area contributed by atoms with E-state index in [9.17, 15) is 14.4 Å². The van der Waals surface area contributed by atoms with E-state index in [1.54, 1.807) is 24.3 Å². The Morgan fingerprint density at radius 2 is 1.78 bits per heavy atom. The van der Waals surface area contributed by atoms with Gasteiger partial charge in [0, 0.05) is 24.7 Å². The summed E-state index contributed by atoms with van der Waals surface area (Å²) in [5.41, 5.74) is 1.09. The fourth-order valence-corrected chi connectivity index (χ4v) is 2.12. The molecule has 23 heavy (non-hydrogen) atoms. The van der Waals surface area contributed by atoms with Crippen molar-refractivity contribution in [2.45, 2.75) is 20.3 Å². The van der Waals surface area contributed by atoms with Crippen molar-refractivity contribution in [1.29, 1.82) is 0 Å². The Labute approximate surface area is 137 Å². The number of amides is 2. The number of anilines is 1. The number of nitrogens with one attached hydrogen (secondary N) is 1. The maximum absolute atomic E-state index is 12.1. The summed E-state index contributed by atoms with van der Waals surface area (Å²) in [6.45, 7) is 4.33. The number of rotatable bonds is 8. The highest BCUT2D eigenvalue weighted by atomic mass is 16.2. The van der Waals surface area contributed by atoms with Crippen LogP contribution < -0.4 is 5.32 Å². The van der Waals surface area contributed by atoms with Gasteiger partial charge in [0.1, 0.15) is 0 Å².